The van der Waals surface area contributed by atoms with Gasteiger partial charge in [-0.25, -0.2) is 0 Å². The van der Waals surface area contributed by atoms with Crippen LogP contribution in [-0.2, 0) is 23.9 Å². The standard InChI is InChI=1S/C41H46F3N3O5/c1-25-18-34(19-26(2)29(25)5)51-33-16-12-31(13-17-33)22-46(6)23-37-27(3)21-47(28(4)24-48)40(50)35-8-7-9-36(39(35)52-37)45-38(49)20-30-10-14-32(15-11-30)41(42,43)44/h7-19,27-28,37,48H,20-24H2,1-6H3,(H,45,49)/t27-,28?,37-/m1/s1. The van der Waals surface area contributed by atoms with Crippen molar-refractivity contribution in [3.05, 3.63) is 118 Å². The molecule has 0 saturated carbocycles. The summed E-state index contributed by atoms with van der Waals surface area (Å²) in [5.74, 6) is 0.747. The van der Waals surface area contributed by atoms with E-state index in [2.05, 4.69) is 31.0 Å². The van der Waals surface area contributed by atoms with Crippen molar-refractivity contribution < 1.29 is 37.3 Å². The highest BCUT2D eigenvalue weighted by atomic mass is 19.4. The molecule has 5 rings (SSSR count). The molecule has 0 fully saturated rings. The maximum Gasteiger partial charge on any atom is 0.416 e. The van der Waals surface area contributed by atoms with E-state index in [0.29, 0.717) is 25.2 Å². The Bertz CT molecular complexity index is 1860. The minimum Gasteiger partial charge on any atom is -0.486 e. The van der Waals surface area contributed by atoms with E-state index in [1.54, 1.807) is 30.0 Å². The van der Waals surface area contributed by atoms with Crippen LogP contribution in [0.25, 0.3) is 0 Å². The van der Waals surface area contributed by atoms with Gasteiger partial charge >= 0.3 is 6.18 Å². The first kappa shape index (κ1) is 38.4. The number of fused-ring (bicyclic) bond motifs is 1. The Hall–Kier alpha value is -4.87. The highest BCUT2D eigenvalue weighted by Gasteiger charge is 2.35. The van der Waals surface area contributed by atoms with Crippen LogP contribution in [0.1, 0.15) is 57.6 Å². The third-order valence-corrected chi connectivity index (χ3v) is 9.61. The van der Waals surface area contributed by atoms with Gasteiger partial charge in [-0.15, -0.1) is 0 Å². The number of hydrogen-bond acceptors (Lipinski definition) is 6. The molecule has 1 heterocycles. The number of aliphatic hydroxyl groups is 1. The molecule has 2 amide bonds. The highest BCUT2D eigenvalue weighted by molar-refractivity contribution is 6.02. The average Bonchev–Trinajstić information content (AvgIpc) is 3.09. The van der Waals surface area contributed by atoms with Crippen molar-refractivity contribution in [3.8, 4) is 17.2 Å². The monoisotopic (exact) mass is 717 g/mol. The van der Waals surface area contributed by atoms with Crippen LogP contribution >= 0.6 is 0 Å². The zero-order chi connectivity index (χ0) is 37.7. The summed E-state index contributed by atoms with van der Waals surface area (Å²) in [6.45, 7) is 11.2. The zero-order valence-corrected chi connectivity index (χ0v) is 30.4. The lowest BCUT2D eigenvalue weighted by Gasteiger charge is -2.38. The third-order valence-electron chi connectivity index (χ3n) is 9.61. The van der Waals surface area contributed by atoms with Gasteiger partial charge in [-0.3, -0.25) is 14.5 Å². The summed E-state index contributed by atoms with van der Waals surface area (Å²) >= 11 is 0. The summed E-state index contributed by atoms with van der Waals surface area (Å²) in [6.07, 6.45) is -5.08. The quantitative estimate of drug-likeness (QED) is 0.164. The van der Waals surface area contributed by atoms with Crippen LogP contribution in [0.2, 0.25) is 0 Å². The second-order valence-electron chi connectivity index (χ2n) is 13.8. The van der Waals surface area contributed by atoms with E-state index < -0.39 is 29.8 Å². The zero-order valence-electron chi connectivity index (χ0n) is 30.4. The van der Waals surface area contributed by atoms with E-state index in [0.717, 1.165) is 29.2 Å². The first-order chi connectivity index (χ1) is 24.6. The Labute approximate surface area is 303 Å². The molecular weight excluding hydrogens is 671 g/mol. The fraction of sp³-hybridized carbons (Fsp3) is 0.366. The van der Waals surface area contributed by atoms with Crippen molar-refractivity contribution in [3.63, 3.8) is 0 Å². The van der Waals surface area contributed by atoms with Crippen molar-refractivity contribution in [1.29, 1.82) is 0 Å². The molecule has 0 radical (unpaired) electrons. The van der Waals surface area contributed by atoms with E-state index >= 15 is 0 Å². The topological polar surface area (TPSA) is 91.3 Å². The number of aliphatic hydroxyl groups excluding tert-OH is 1. The van der Waals surface area contributed by atoms with E-state index in [-0.39, 0.29) is 41.9 Å². The minimum atomic E-state index is -4.48. The molecule has 52 heavy (non-hydrogen) atoms. The van der Waals surface area contributed by atoms with Gasteiger partial charge in [-0.05, 0) is 111 Å². The number of amides is 2. The Balaban J connectivity index is 1.33. The van der Waals surface area contributed by atoms with Crippen LogP contribution in [-0.4, -0.2) is 65.6 Å². The number of nitrogens with one attached hydrogen (secondary N) is 1. The number of ether oxygens (including phenoxy) is 2. The first-order valence-electron chi connectivity index (χ1n) is 17.3. The smallest absolute Gasteiger partial charge is 0.416 e. The molecule has 11 heteroatoms. The van der Waals surface area contributed by atoms with Gasteiger partial charge in [0.25, 0.3) is 5.91 Å². The molecule has 4 aromatic carbocycles. The molecule has 4 aromatic rings. The van der Waals surface area contributed by atoms with Gasteiger partial charge in [0.05, 0.1) is 35.9 Å². The predicted octanol–water partition coefficient (Wildman–Crippen LogP) is 7.96. The molecule has 0 spiro atoms. The number of para-hydroxylation sites is 1. The number of anilines is 1. The summed E-state index contributed by atoms with van der Waals surface area (Å²) in [5.41, 5.74) is 4.77. The molecule has 2 N–H and O–H groups in total. The van der Waals surface area contributed by atoms with Crippen molar-refractivity contribution in [2.75, 3.05) is 32.1 Å². The number of carbonyl (C=O) groups excluding carboxylic acids is 2. The van der Waals surface area contributed by atoms with Crippen LogP contribution < -0.4 is 14.8 Å². The lowest BCUT2D eigenvalue weighted by Crippen LogP contribution is -2.49. The van der Waals surface area contributed by atoms with Crippen molar-refractivity contribution >= 4 is 17.5 Å². The lowest BCUT2D eigenvalue weighted by molar-refractivity contribution is -0.137. The Kier molecular flexibility index (Phi) is 12.0. The number of rotatable bonds is 11. The predicted molar refractivity (Wildman–Crippen MR) is 195 cm³/mol. The number of carbonyl (C=O) groups is 2. The Morgan fingerprint density at radius 1 is 1.00 bits per heavy atom. The number of halogens is 3. The number of hydrogen-bond donors (Lipinski definition) is 2. The molecule has 1 aliphatic rings. The number of likely N-dealkylation sites (N-methyl/N-ethyl adjacent to an activating group) is 1. The maximum absolute atomic E-state index is 13.8. The summed E-state index contributed by atoms with van der Waals surface area (Å²) < 4.78 is 51.9. The van der Waals surface area contributed by atoms with Gasteiger partial charge in [0.2, 0.25) is 5.91 Å². The number of alkyl halides is 3. The maximum atomic E-state index is 13.8. The fourth-order valence-corrected chi connectivity index (χ4v) is 6.29. The molecule has 276 valence electrons. The van der Waals surface area contributed by atoms with Gasteiger partial charge in [0.1, 0.15) is 17.6 Å². The molecule has 0 aliphatic carbocycles. The highest BCUT2D eigenvalue weighted by Crippen LogP contribution is 2.36. The Morgan fingerprint density at radius 3 is 2.25 bits per heavy atom. The molecule has 1 unspecified atom stereocenters. The molecule has 0 aromatic heterocycles. The summed E-state index contributed by atoms with van der Waals surface area (Å²) in [4.78, 5) is 30.8. The van der Waals surface area contributed by atoms with Gasteiger partial charge in [0.15, 0.2) is 5.75 Å². The largest absolute Gasteiger partial charge is 0.486 e. The molecule has 8 nitrogen and oxygen atoms in total. The SMILES string of the molecule is Cc1cc(Oc2ccc(CN(C)C[C@H]3Oc4c(NC(=O)Cc5ccc(C(F)(F)F)cc5)cccc4C(=O)N(C(C)CO)C[C@H]3C)cc2)cc(C)c1C. The van der Waals surface area contributed by atoms with Gasteiger partial charge < -0.3 is 24.8 Å². The van der Waals surface area contributed by atoms with Crippen molar-refractivity contribution in [2.45, 2.75) is 65.9 Å². The molecular formula is C41H46F3N3O5. The van der Waals surface area contributed by atoms with E-state index in [1.807, 2.05) is 50.4 Å². The summed E-state index contributed by atoms with van der Waals surface area (Å²) in [5, 5.41) is 12.8. The summed E-state index contributed by atoms with van der Waals surface area (Å²) in [7, 11) is 1.98. The van der Waals surface area contributed by atoms with Gasteiger partial charge in [-0.1, -0.05) is 37.3 Å². The van der Waals surface area contributed by atoms with Gasteiger partial charge in [-0.2, -0.15) is 13.2 Å². The number of benzene rings is 4. The van der Waals surface area contributed by atoms with E-state index in [1.165, 1.54) is 28.8 Å². The second-order valence-corrected chi connectivity index (χ2v) is 13.8. The number of aryl methyl sites for hydroxylation is 2. The molecule has 0 bridgehead atoms. The molecule has 1 aliphatic heterocycles. The van der Waals surface area contributed by atoms with Crippen molar-refractivity contribution in [2.24, 2.45) is 5.92 Å². The molecule has 3 atom stereocenters. The van der Waals surface area contributed by atoms with Crippen molar-refractivity contribution in [1.82, 2.24) is 9.80 Å². The van der Waals surface area contributed by atoms with Gasteiger partial charge in [0, 0.05) is 25.6 Å². The number of nitrogens with zero attached hydrogens (tertiary/aromatic N) is 2. The normalized spacial score (nSPS) is 16.8. The third kappa shape index (κ3) is 9.32. The molecule has 0 saturated heterocycles. The second kappa shape index (κ2) is 16.2. The minimum absolute atomic E-state index is 0.165. The van der Waals surface area contributed by atoms with Crippen LogP contribution in [0, 0.1) is 26.7 Å². The average molecular weight is 718 g/mol. The van der Waals surface area contributed by atoms with Crippen LogP contribution in [0.4, 0.5) is 18.9 Å². The van der Waals surface area contributed by atoms with E-state index in [4.69, 9.17) is 9.47 Å². The lowest BCUT2D eigenvalue weighted by atomic mass is 9.98. The van der Waals surface area contributed by atoms with Crippen LogP contribution in [0.3, 0.4) is 0 Å². The first-order valence-corrected chi connectivity index (χ1v) is 17.3. The summed E-state index contributed by atoms with van der Waals surface area (Å²) in [6, 6.07) is 20.8. The Morgan fingerprint density at radius 2 is 1.63 bits per heavy atom. The van der Waals surface area contributed by atoms with Crippen LogP contribution in [0.15, 0.2) is 78.9 Å². The van der Waals surface area contributed by atoms with E-state index in [9.17, 15) is 27.9 Å². The van der Waals surface area contributed by atoms with Crippen LogP contribution in [0.5, 0.6) is 17.2 Å². The fourth-order valence-electron chi connectivity index (χ4n) is 6.29.